The van der Waals surface area contributed by atoms with Crippen LogP contribution < -0.4 is 0 Å². The van der Waals surface area contributed by atoms with Crippen molar-refractivity contribution in [3.05, 3.63) is 11.6 Å². The van der Waals surface area contributed by atoms with Crippen LogP contribution in [0.15, 0.2) is 11.6 Å². The second kappa shape index (κ2) is 4.66. The van der Waals surface area contributed by atoms with E-state index in [9.17, 15) is 5.11 Å². The first kappa shape index (κ1) is 9.79. The maximum absolute atomic E-state index is 9.64. The van der Waals surface area contributed by atoms with E-state index in [1.54, 1.807) is 0 Å². The van der Waals surface area contributed by atoms with Crippen molar-refractivity contribution < 1.29 is 5.11 Å². The Bertz CT molecular complexity index is 158. The van der Waals surface area contributed by atoms with Gasteiger partial charge in [0.2, 0.25) is 0 Å². The molecule has 0 heterocycles. The summed E-state index contributed by atoms with van der Waals surface area (Å²) >= 11 is 0. The van der Waals surface area contributed by atoms with Crippen molar-refractivity contribution in [1.82, 2.24) is 0 Å². The molecule has 0 aromatic rings. The largest absolute Gasteiger partial charge is 0.393 e. The zero-order valence-electron chi connectivity index (χ0n) is 8.21. The highest BCUT2D eigenvalue weighted by atomic mass is 16.3. The Morgan fingerprint density at radius 2 is 2.17 bits per heavy atom. The van der Waals surface area contributed by atoms with Gasteiger partial charge in [-0.25, -0.2) is 0 Å². The van der Waals surface area contributed by atoms with Gasteiger partial charge in [0, 0.05) is 0 Å². The summed E-state index contributed by atoms with van der Waals surface area (Å²) < 4.78 is 0. The Morgan fingerprint density at radius 1 is 1.42 bits per heavy atom. The van der Waals surface area contributed by atoms with Crippen LogP contribution in [0.2, 0.25) is 0 Å². The van der Waals surface area contributed by atoms with Crippen molar-refractivity contribution in [2.75, 3.05) is 0 Å². The first-order chi connectivity index (χ1) is 5.70. The Labute approximate surface area is 75.5 Å². The normalized spacial score (nSPS) is 20.8. The van der Waals surface area contributed by atoms with E-state index in [0.717, 1.165) is 6.42 Å². The van der Waals surface area contributed by atoms with Crippen LogP contribution >= 0.6 is 0 Å². The van der Waals surface area contributed by atoms with Crippen LogP contribution in [0.5, 0.6) is 0 Å². The van der Waals surface area contributed by atoms with Gasteiger partial charge in [-0.05, 0) is 38.0 Å². The van der Waals surface area contributed by atoms with Crippen LogP contribution in [0.25, 0.3) is 0 Å². The molecule has 1 heteroatoms. The molecule has 1 unspecified atom stereocenters. The van der Waals surface area contributed by atoms with Crippen molar-refractivity contribution in [2.45, 2.75) is 52.1 Å². The lowest BCUT2D eigenvalue weighted by molar-refractivity contribution is 0.124. The topological polar surface area (TPSA) is 20.2 Å². The molecule has 70 valence electrons. The lowest BCUT2D eigenvalue weighted by Gasteiger charge is -2.18. The highest BCUT2D eigenvalue weighted by Crippen LogP contribution is 2.23. The summed E-state index contributed by atoms with van der Waals surface area (Å²) in [5.41, 5.74) is 1.47. The van der Waals surface area contributed by atoms with Gasteiger partial charge in [-0.15, -0.1) is 0 Å². The van der Waals surface area contributed by atoms with Crippen molar-refractivity contribution in [2.24, 2.45) is 5.92 Å². The minimum absolute atomic E-state index is 0.130. The molecule has 0 radical (unpaired) electrons. The minimum Gasteiger partial charge on any atom is -0.393 e. The molecule has 1 rings (SSSR count). The molecule has 12 heavy (non-hydrogen) atoms. The molecule has 0 saturated carbocycles. The smallest absolute Gasteiger partial charge is 0.0600 e. The van der Waals surface area contributed by atoms with E-state index in [0.29, 0.717) is 5.92 Å². The molecule has 0 fully saturated rings. The van der Waals surface area contributed by atoms with Crippen LogP contribution in [0, 0.1) is 5.92 Å². The van der Waals surface area contributed by atoms with Crippen LogP contribution in [-0.4, -0.2) is 11.2 Å². The van der Waals surface area contributed by atoms with Crippen LogP contribution in [0.4, 0.5) is 0 Å². The first-order valence-electron chi connectivity index (χ1n) is 5.06. The van der Waals surface area contributed by atoms with E-state index < -0.39 is 0 Å². The number of aliphatic hydroxyl groups is 1. The van der Waals surface area contributed by atoms with Crippen LogP contribution in [0.3, 0.4) is 0 Å². The average Bonchev–Trinajstić information content (AvgIpc) is 2.06. The predicted octanol–water partition coefficient (Wildman–Crippen LogP) is 2.89. The van der Waals surface area contributed by atoms with Gasteiger partial charge < -0.3 is 5.11 Å². The van der Waals surface area contributed by atoms with Gasteiger partial charge in [0.05, 0.1) is 6.10 Å². The molecule has 1 nitrogen and oxygen atoms in total. The third kappa shape index (κ3) is 2.98. The van der Waals surface area contributed by atoms with Gasteiger partial charge in [0.15, 0.2) is 0 Å². The number of hydrogen-bond donors (Lipinski definition) is 1. The Kier molecular flexibility index (Phi) is 3.80. The summed E-state index contributed by atoms with van der Waals surface area (Å²) in [6.45, 7) is 4.15. The standard InChI is InChI=1S/C11H20O/c1-9(2)11(12)8-10-6-4-3-5-7-10/h6,9,11-12H,3-5,7-8H2,1-2H3. The molecular weight excluding hydrogens is 148 g/mol. The van der Waals surface area contributed by atoms with Gasteiger partial charge in [-0.3, -0.25) is 0 Å². The summed E-state index contributed by atoms with van der Waals surface area (Å²) in [6.07, 6.45) is 8.17. The third-order valence-corrected chi connectivity index (χ3v) is 2.63. The van der Waals surface area contributed by atoms with E-state index in [-0.39, 0.29) is 6.10 Å². The van der Waals surface area contributed by atoms with Crippen molar-refractivity contribution in [3.8, 4) is 0 Å². The summed E-state index contributed by atoms with van der Waals surface area (Å²) in [6, 6.07) is 0. The second-order valence-electron chi connectivity index (χ2n) is 4.12. The fraction of sp³-hybridized carbons (Fsp3) is 0.818. The van der Waals surface area contributed by atoms with Gasteiger partial charge >= 0.3 is 0 Å². The van der Waals surface area contributed by atoms with Gasteiger partial charge in [0.1, 0.15) is 0 Å². The Morgan fingerprint density at radius 3 is 2.67 bits per heavy atom. The summed E-state index contributed by atoms with van der Waals surface area (Å²) in [5, 5.41) is 9.64. The Hall–Kier alpha value is -0.300. The number of aliphatic hydroxyl groups excluding tert-OH is 1. The summed E-state index contributed by atoms with van der Waals surface area (Å²) in [7, 11) is 0. The maximum atomic E-state index is 9.64. The molecule has 0 saturated heterocycles. The summed E-state index contributed by atoms with van der Waals surface area (Å²) in [5.74, 6) is 0.396. The van der Waals surface area contributed by atoms with E-state index in [4.69, 9.17) is 0 Å². The fourth-order valence-electron chi connectivity index (χ4n) is 1.59. The molecule has 0 aromatic heterocycles. The number of allylic oxidation sites excluding steroid dienone is 1. The van der Waals surface area contributed by atoms with E-state index in [2.05, 4.69) is 19.9 Å². The molecule has 0 bridgehead atoms. The van der Waals surface area contributed by atoms with Crippen molar-refractivity contribution >= 4 is 0 Å². The molecule has 1 aliphatic carbocycles. The third-order valence-electron chi connectivity index (χ3n) is 2.63. The molecule has 1 N–H and O–H groups in total. The highest BCUT2D eigenvalue weighted by Gasteiger charge is 2.12. The zero-order chi connectivity index (χ0) is 8.97. The number of rotatable bonds is 3. The molecule has 0 aliphatic heterocycles. The molecule has 0 amide bonds. The van der Waals surface area contributed by atoms with E-state index in [1.807, 2.05) is 0 Å². The van der Waals surface area contributed by atoms with Crippen molar-refractivity contribution in [3.63, 3.8) is 0 Å². The lowest BCUT2D eigenvalue weighted by Crippen LogP contribution is -2.15. The second-order valence-corrected chi connectivity index (χ2v) is 4.12. The minimum atomic E-state index is -0.130. The number of hydrogen-bond acceptors (Lipinski definition) is 1. The highest BCUT2D eigenvalue weighted by molar-refractivity contribution is 5.06. The van der Waals surface area contributed by atoms with Gasteiger partial charge in [-0.2, -0.15) is 0 Å². The molecule has 1 aliphatic rings. The van der Waals surface area contributed by atoms with Gasteiger partial charge in [0.25, 0.3) is 0 Å². The first-order valence-corrected chi connectivity index (χ1v) is 5.06. The lowest BCUT2D eigenvalue weighted by atomic mass is 9.92. The zero-order valence-corrected chi connectivity index (χ0v) is 8.21. The SMILES string of the molecule is CC(C)C(O)CC1=CCCCC1. The van der Waals surface area contributed by atoms with Gasteiger partial charge in [-0.1, -0.05) is 25.5 Å². The molecule has 0 spiro atoms. The van der Waals surface area contributed by atoms with E-state index >= 15 is 0 Å². The molecular formula is C11H20O. The predicted molar refractivity (Wildman–Crippen MR) is 52.0 cm³/mol. The molecule has 1 atom stereocenters. The summed E-state index contributed by atoms with van der Waals surface area (Å²) in [4.78, 5) is 0. The quantitative estimate of drug-likeness (QED) is 0.642. The maximum Gasteiger partial charge on any atom is 0.0600 e. The fourth-order valence-corrected chi connectivity index (χ4v) is 1.59. The molecule has 0 aromatic carbocycles. The monoisotopic (exact) mass is 168 g/mol. The average molecular weight is 168 g/mol. The van der Waals surface area contributed by atoms with E-state index in [1.165, 1.54) is 31.3 Å². The van der Waals surface area contributed by atoms with Crippen LogP contribution in [0.1, 0.15) is 46.0 Å². The van der Waals surface area contributed by atoms with Crippen LogP contribution in [-0.2, 0) is 0 Å². The Balaban J connectivity index is 2.34. The van der Waals surface area contributed by atoms with Crippen molar-refractivity contribution in [1.29, 1.82) is 0 Å².